The van der Waals surface area contributed by atoms with Crippen LogP contribution in [0.3, 0.4) is 0 Å². The first-order valence-corrected chi connectivity index (χ1v) is 18.2. The largest absolute Gasteiger partial charge is 0.334 e. The van der Waals surface area contributed by atoms with E-state index in [0.29, 0.717) is 23.8 Å². The van der Waals surface area contributed by atoms with Gasteiger partial charge < -0.3 is 4.90 Å². The molecule has 0 N–H and O–H groups in total. The molecule has 0 aliphatic heterocycles. The summed E-state index contributed by atoms with van der Waals surface area (Å²) >= 11 is 0. The first-order chi connectivity index (χ1) is 24.3. The highest BCUT2D eigenvalue weighted by atomic mass is 15.2. The Hall–Kier alpha value is -5.14. The highest BCUT2D eigenvalue weighted by molar-refractivity contribution is 5.86. The summed E-state index contributed by atoms with van der Waals surface area (Å²) in [6, 6.07) is 36.4. The Balaban J connectivity index is 0.995. The van der Waals surface area contributed by atoms with Crippen LogP contribution < -0.4 is 4.90 Å². The van der Waals surface area contributed by atoms with Gasteiger partial charge in [0.05, 0.1) is 6.04 Å². The average molecular weight is 636 g/mol. The molecule has 49 heavy (non-hydrogen) atoms. The fourth-order valence-electron chi connectivity index (χ4n) is 8.19. The van der Waals surface area contributed by atoms with Gasteiger partial charge in [0.2, 0.25) is 0 Å². The normalized spacial score (nSPS) is 21.8. The highest BCUT2D eigenvalue weighted by Gasteiger charge is 2.27. The van der Waals surface area contributed by atoms with Crippen molar-refractivity contribution in [2.45, 2.75) is 56.4 Å². The Morgan fingerprint density at radius 3 is 2.37 bits per heavy atom. The van der Waals surface area contributed by atoms with E-state index in [4.69, 9.17) is 0 Å². The molecule has 0 aromatic heterocycles. The Morgan fingerprint density at radius 1 is 0.653 bits per heavy atom. The second kappa shape index (κ2) is 14.5. The predicted octanol–water partition coefficient (Wildman–Crippen LogP) is 12.5. The van der Waals surface area contributed by atoms with Crippen molar-refractivity contribution in [2.75, 3.05) is 4.90 Å². The third kappa shape index (κ3) is 6.76. The molecule has 0 radical (unpaired) electrons. The minimum absolute atomic E-state index is 0.319. The van der Waals surface area contributed by atoms with E-state index >= 15 is 0 Å². The average Bonchev–Trinajstić information content (AvgIpc) is 3.46. The van der Waals surface area contributed by atoms with Crippen LogP contribution in [0.15, 0.2) is 193 Å². The molecule has 8 rings (SSSR count). The van der Waals surface area contributed by atoms with Crippen molar-refractivity contribution in [2.24, 2.45) is 5.92 Å². The van der Waals surface area contributed by atoms with Crippen molar-refractivity contribution in [3.8, 4) is 0 Å². The monoisotopic (exact) mass is 635 g/mol. The van der Waals surface area contributed by atoms with Gasteiger partial charge in [0.25, 0.3) is 0 Å². The molecule has 0 amide bonds. The summed E-state index contributed by atoms with van der Waals surface area (Å²) in [5.41, 5.74) is 9.71. The molecule has 0 bridgehead atoms. The third-order valence-electron chi connectivity index (χ3n) is 10.8. The number of nitrogens with zero attached hydrogens (tertiary/aromatic N) is 1. The molecule has 242 valence electrons. The molecule has 4 aromatic rings. The maximum Gasteiger partial charge on any atom is 0.0528 e. The number of benzene rings is 4. The Bertz CT molecular complexity index is 2020. The molecule has 1 heteroatoms. The van der Waals surface area contributed by atoms with Crippen molar-refractivity contribution in [1.82, 2.24) is 0 Å². The number of hydrogen-bond acceptors (Lipinski definition) is 1. The summed E-state index contributed by atoms with van der Waals surface area (Å²) in [4.78, 5) is 2.59. The van der Waals surface area contributed by atoms with Gasteiger partial charge in [-0.05, 0) is 89.8 Å². The quantitative estimate of drug-likeness (QED) is 0.177. The van der Waals surface area contributed by atoms with Gasteiger partial charge in [-0.1, -0.05) is 163 Å². The van der Waals surface area contributed by atoms with Gasteiger partial charge in [0, 0.05) is 29.1 Å². The van der Waals surface area contributed by atoms with Crippen LogP contribution in [0.1, 0.15) is 67.1 Å². The number of allylic oxidation sites excluding steroid dienone is 14. The zero-order valence-corrected chi connectivity index (χ0v) is 28.2. The molecule has 0 saturated carbocycles. The summed E-state index contributed by atoms with van der Waals surface area (Å²) in [6.45, 7) is 0. The maximum absolute atomic E-state index is 2.59. The summed E-state index contributed by atoms with van der Waals surface area (Å²) in [5, 5.41) is 2.68. The lowest BCUT2D eigenvalue weighted by atomic mass is 9.82. The van der Waals surface area contributed by atoms with Gasteiger partial charge in [-0.2, -0.15) is 0 Å². The zero-order chi connectivity index (χ0) is 32.8. The molecule has 4 aromatic carbocycles. The number of rotatable bonds is 9. The van der Waals surface area contributed by atoms with E-state index in [1.54, 1.807) is 0 Å². The molecule has 0 fully saturated rings. The summed E-state index contributed by atoms with van der Waals surface area (Å²) in [6.07, 6.45) is 36.7. The SMILES string of the molecule is C1=CCCC(N(C2=C3C=CC=C[C@@H]3CC=C2)c2ccc(C3C=CC(CCC(c4ccccc4)c4cccc5ccccc45)=CC3)cc2)C=C1. The van der Waals surface area contributed by atoms with E-state index in [9.17, 15) is 0 Å². The first-order valence-electron chi connectivity index (χ1n) is 18.2. The van der Waals surface area contributed by atoms with Gasteiger partial charge in [-0.25, -0.2) is 0 Å². The van der Waals surface area contributed by atoms with Crippen molar-refractivity contribution in [1.29, 1.82) is 0 Å². The van der Waals surface area contributed by atoms with Gasteiger partial charge >= 0.3 is 0 Å². The fourth-order valence-corrected chi connectivity index (χ4v) is 8.19. The predicted molar refractivity (Wildman–Crippen MR) is 209 cm³/mol. The van der Waals surface area contributed by atoms with E-state index in [1.165, 1.54) is 50.0 Å². The van der Waals surface area contributed by atoms with E-state index in [1.807, 2.05) is 0 Å². The van der Waals surface area contributed by atoms with Crippen molar-refractivity contribution < 1.29 is 0 Å². The van der Waals surface area contributed by atoms with E-state index in [-0.39, 0.29) is 0 Å². The molecular formula is C48H45N. The lowest BCUT2D eigenvalue weighted by Crippen LogP contribution is -2.34. The molecule has 0 saturated heterocycles. The van der Waals surface area contributed by atoms with Crippen LogP contribution in [0.4, 0.5) is 5.69 Å². The summed E-state index contributed by atoms with van der Waals surface area (Å²) in [5.74, 6) is 1.23. The van der Waals surface area contributed by atoms with Crippen LogP contribution in [0.25, 0.3) is 10.8 Å². The number of anilines is 1. The van der Waals surface area contributed by atoms with Crippen LogP contribution in [0, 0.1) is 5.92 Å². The summed E-state index contributed by atoms with van der Waals surface area (Å²) in [7, 11) is 0. The molecule has 4 aliphatic carbocycles. The number of fused-ring (bicyclic) bond motifs is 2. The molecule has 4 atom stereocenters. The van der Waals surface area contributed by atoms with Crippen LogP contribution in [0.5, 0.6) is 0 Å². The van der Waals surface area contributed by atoms with Crippen LogP contribution in [-0.4, -0.2) is 6.04 Å². The lowest BCUT2D eigenvalue weighted by Gasteiger charge is -2.37. The molecule has 1 nitrogen and oxygen atoms in total. The molecule has 4 aliphatic rings. The molecular weight excluding hydrogens is 591 g/mol. The molecule has 0 spiro atoms. The number of hydrogen-bond donors (Lipinski definition) is 0. The first kappa shape index (κ1) is 31.1. The maximum atomic E-state index is 2.59. The van der Waals surface area contributed by atoms with Crippen molar-refractivity contribution in [3.63, 3.8) is 0 Å². The van der Waals surface area contributed by atoms with Gasteiger partial charge in [-0.15, -0.1) is 0 Å². The highest BCUT2D eigenvalue weighted by Crippen LogP contribution is 2.39. The van der Waals surface area contributed by atoms with Crippen LogP contribution in [0.2, 0.25) is 0 Å². The van der Waals surface area contributed by atoms with Crippen molar-refractivity contribution >= 4 is 16.5 Å². The van der Waals surface area contributed by atoms with Gasteiger partial charge in [0.1, 0.15) is 0 Å². The zero-order valence-electron chi connectivity index (χ0n) is 28.2. The van der Waals surface area contributed by atoms with Crippen molar-refractivity contribution in [3.05, 3.63) is 210 Å². The molecule has 3 unspecified atom stereocenters. The second-order valence-corrected chi connectivity index (χ2v) is 13.8. The Morgan fingerprint density at radius 2 is 1.49 bits per heavy atom. The standard InChI is InChI=1S/C48H45N/c1-2-7-21-42(20-6-1)49(48-25-13-19-41-17-9-11-23-46(41)48)43-33-31-38(32-34-43)37-29-26-36(27-30-37)28-35-45(39-14-4-3-5-15-39)47-24-12-18-40-16-8-10-22-44(40)47/h1-6,8-18,20,22-27,29,31-34,37,41-42,45H,7,19,21,28,30,35H2/t37?,41-,42?,45?/m1/s1. The molecule has 0 heterocycles. The van der Waals surface area contributed by atoms with E-state index in [2.05, 4.69) is 181 Å². The third-order valence-corrected chi connectivity index (χ3v) is 10.8. The Labute approximate surface area is 292 Å². The smallest absolute Gasteiger partial charge is 0.0528 e. The van der Waals surface area contributed by atoms with E-state index < -0.39 is 0 Å². The van der Waals surface area contributed by atoms with Gasteiger partial charge in [0.15, 0.2) is 0 Å². The topological polar surface area (TPSA) is 3.24 Å². The van der Waals surface area contributed by atoms with Crippen LogP contribution in [-0.2, 0) is 0 Å². The van der Waals surface area contributed by atoms with E-state index in [0.717, 1.165) is 38.5 Å². The Kier molecular flexibility index (Phi) is 9.24. The van der Waals surface area contributed by atoms with Gasteiger partial charge in [-0.3, -0.25) is 0 Å². The second-order valence-electron chi connectivity index (χ2n) is 13.8. The minimum atomic E-state index is 0.319. The lowest BCUT2D eigenvalue weighted by molar-refractivity contribution is 0.676. The van der Waals surface area contributed by atoms with Crippen LogP contribution >= 0.6 is 0 Å². The summed E-state index contributed by atoms with van der Waals surface area (Å²) < 4.78 is 0. The minimum Gasteiger partial charge on any atom is -0.334 e. The fraction of sp³-hybridized carbons (Fsp3) is 0.208.